The molecule has 2 fully saturated rings. The summed E-state index contributed by atoms with van der Waals surface area (Å²) < 4.78 is 43.5. The molecule has 3 rings (SSSR count). The highest BCUT2D eigenvalue weighted by Crippen LogP contribution is 2.35. The summed E-state index contributed by atoms with van der Waals surface area (Å²) in [5, 5.41) is 2.73. The van der Waals surface area contributed by atoms with Crippen molar-refractivity contribution in [2.24, 2.45) is 0 Å². The zero-order chi connectivity index (χ0) is 19.8. The van der Waals surface area contributed by atoms with E-state index in [0.29, 0.717) is 6.42 Å². The molecule has 146 valence electrons. The van der Waals surface area contributed by atoms with E-state index in [0.717, 1.165) is 23.1 Å². The van der Waals surface area contributed by atoms with E-state index in [1.165, 1.54) is 18.1 Å². The average molecular weight is 385 g/mol. The molecule has 7 nitrogen and oxygen atoms in total. The van der Waals surface area contributed by atoms with Gasteiger partial charge in [-0.3, -0.25) is 9.59 Å². The van der Waals surface area contributed by atoms with Crippen molar-refractivity contribution in [3.63, 3.8) is 0 Å². The van der Waals surface area contributed by atoms with Crippen LogP contribution < -0.4 is 10.2 Å². The molecule has 0 saturated carbocycles. The average Bonchev–Trinajstić information content (AvgIpc) is 2.85. The molecule has 1 aromatic rings. The number of hydrogen-bond donors (Lipinski definition) is 1. The van der Waals surface area contributed by atoms with Crippen molar-refractivity contribution in [1.82, 2.24) is 10.2 Å². The first-order valence-corrected chi connectivity index (χ1v) is 8.32. The van der Waals surface area contributed by atoms with Gasteiger partial charge in [-0.2, -0.15) is 13.2 Å². The van der Waals surface area contributed by atoms with Gasteiger partial charge in [-0.05, 0) is 31.0 Å². The normalized spacial score (nSPS) is 22.8. The van der Waals surface area contributed by atoms with Crippen molar-refractivity contribution >= 4 is 23.5 Å². The maximum Gasteiger partial charge on any atom is 0.416 e. The van der Waals surface area contributed by atoms with Gasteiger partial charge in [0.25, 0.3) is 5.91 Å². The number of methoxy groups -OCH3 is 1. The Morgan fingerprint density at radius 1 is 1.33 bits per heavy atom. The number of urea groups is 1. The van der Waals surface area contributed by atoms with Crippen LogP contribution >= 0.6 is 0 Å². The van der Waals surface area contributed by atoms with Gasteiger partial charge in [0.2, 0.25) is 5.91 Å². The molecule has 1 aromatic carbocycles. The molecule has 2 saturated heterocycles. The number of rotatable bonds is 4. The van der Waals surface area contributed by atoms with Gasteiger partial charge >= 0.3 is 12.2 Å². The fourth-order valence-electron chi connectivity index (χ4n) is 3.39. The van der Waals surface area contributed by atoms with E-state index in [1.54, 1.807) is 0 Å². The van der Waals surface area contributed by atoms with Crippen LogP contribution in [-0.4, -0.2) is 55.1 Å². The maximum absolute atomic E-state index is 12.9. The Kier molecular flexibility index (Phi) is 5.09. The van der Waals surface area contributed by atoms with Crippen LogP contribution in [0.15, 0.2) is 24.3 Å². The Balaban J connectivity index is 1.79. The van der Waals surface area contributed by atoms with Crippen LogP contribution in [0.25, 0.3) is 0 Å². The van der Waals surface area contributed by atoms with Crippen LogP contribution in [0.5, 0.6) is 0 Å². The minimum Gasteiger partial charge on any atom is -0.375 e. The van der Waals surface area contributed by atoms with Crippen molar-refractivity contribution in [2.75, 3.05) is 25.2 Å². The first kappa shape index (κ1) is 19.2. The number of fused-ring (bicyclic) bond motifs is 1. The van der Waals surface area contributed by atoms with E-state index >= 15 is 0 Å². The van der Waals surface area contributed by atoms with E-state index in [2.05, 4.69) is 5.32 Å². The highest BCUT2D eigenvalue weighted by Gasteiger charge is 2.49. The number of nitrogens with one attached hydrogen (secondary N) is 1. The molecular formula is C17H18F3N3O4. The third kappa shape index (κ3) is 3.75. The molecule has 0 bridgehead atoms. The monoisotopic (exact) mass is 385 g/mol. The first-order chi connectivity index (χ1) is 12.7. The molecule has 10 heteroatoms. The standard InChI is InChI=1S/C17H18F3N3O4/c1-27-9-14(24)21-11-5-6-22-13(8-11)15(25)23(16(22)26)12-4-2-3-10(7-12)17(18,19)20/h2-4,7,11,13H,5-6,8-9H2,1H3,(H,21,24). The molecule has 0 spiro atoms. The van der Waals surface area contributed by atoms with Gasteiger partial charge in [0, 0.05) is 19.7 Å². The number of amides is 4. The van der Waals surface area contributed by atoms with E-state index in [9.17, 15) is 27.6 Å². The SMILES string of the molecule is COCC(=O)NC1CCN2C(=O)N(c3cccc(C(F)(F)F)c3)C(=O)C2C1. The lowest BCUT2D eigenvalue weighted by Crippen LogP contribution is -2.50. The molecule has 2 atom stereocenters. The number of imide groups is 1. The van der Waals surface area contributed by atoms with Crippen LogP contribution in [0.2, 0.25) is 0 Å². The molecule has 4 amide bonds. The molecule has 27 heavy (non-hydrogen) atoms. The van der Waals surface area contributed by atoms with Crippen LogP contribution in [0.4, 0.5) is 23.7 Å². The van der Waals surface area contributed by atoms with Gasteiger partial charge in [-0.1, -0.05) is 6.07 Å². The number of piperidine rings is 1. The zero-order valence-corrected chi connectivity index (χ0v) is 14.5. The van der Waals surface area contributed by atoms with Gasteiger partial charge in [0.1, 0.15) is 12.6 Å². The van der Waals surface area contributed by atoms with Crippen molar-refractivity contribution in [2.45, 2.75) is 31.1 Å². The predicted molar refractivity (Wildman–Crippen MR) is 87.9 cm³/mol. The molecule has 2 heterocycles. The summed E-state index contributed by atoms with van der Waals surface area (Å²) in [5.41, 5.74) is -1.05. The fraction of sp³-hybridized carbons (Fsp3) is 0.471. The number of halogens is 3. The molecule has 1 N–H and O–H groups in total. The summed E-state index contributed by atoms with van der Waals surface area (Å²) in [7, 11) is 1.38. The molecule has 0 aliphatic carbocycles. The summed E-state index contributed by atoms with van der Waals surface area (Å²) in [6, 6.07) is 2.34. The third-order valence-electron chi connectivity index (χ3n) is 4.62. The lowest BCUT2D eigenvalue weighted by Gasteiger charge is -2.32. The minimum atomic E-state index is -4.58. The van der Waals surface area contributed by atoms with Gasteiger partial charge in [-0.25, -0.2) is 9.69 Å². The second-order valence-electron chi connectivity index (χ2n) is 6.44. The number of hydrogen-bond acceptors (Lipinski definition) is 4. The molecule has 2 unspecified atom stereocenters. The van der Waals surface area contributed by atoms with Crippen molar-refractivity contribution in [3.8, 4) is 0 Å². The second-order valence-corrected chi connectivity index (χ2v) is 6.44. The summed E-state index contributed by atoms with van der Waals surface area (Å²) >= 11 is 0. The van der Waals surface area contributed by atoms with E-state index in [4.69, 9.17) is 4.74 Å². The maximum atomic E-state index is 12.9. The summed E-state index contributed by atoms with van der Waals surface area (Å²) in [6.07, 6.45) is -3.93. The Labute approximate surface area is 153 Å². The Morgan fingerprint density at radius 3 is 2.74 bits per heavy atom. The van der Waals surface area contributed by atoms with Crippen LogP contribution in [0, 0.1) is 0 Å². The number of ether oxygens (including phenoxy) is 1. The number of carbonyl (C=O) groups is 3. The summed E-state index contributed by atoms with van der Waals surface area (Å²) in [5.74, 6) is -0.924. The topological polar surface area (TPSA) is 79.0 Å². The Morgan fingerprint density at radius 2 is 2.07 bits per heavy atom. The number of alkyl halides is 3. The Hall–Kier alpha value is -2.62. The number of carbonyl (C=O) groups excluding carboxylic acids is 3. The van der Waals surface area contributed by atoms with Gasteiger partial charge < -0.3 is 15.0 Å². The minimum absolute atomic E-state index is 0.116. The van der Waals surface area contributed by atoms with E-state index < -0.39 is 29.7 Å². The first-order valence-electron chi connectivity index (χ1n) is 8.32. The lowest BCUT2D eigenvalue weighted by atomic mass is 9.98. The van der Waals surface area contributed by atoms with Gasteiger partial charge in [0.05, 0.1) is 11.3 Å². The highest BCUT2D eigenvalue weighted by molar-refractivity contribution is 6.21. The number of benzene rings is 1. The smallest absolute Gasteiger partial charge is 0.375 e. The highest BCUT2D eigenvalue weighted by atomic mass is 19.4. The molecule has 2 aliphatic rings. The van der Waals surface area contributed by atoms with E-state index in [1.807, 2.05) is 0 Å². The third-order valence-corrected chi connectivity index (χ3v) is 4.62. The summed E-state index contributed by atoms with van der Waals surface area (Å²) in [6.45, 7) is 0.108. The molecule has 2 aliphatic heterocycles. The molecule has 0 aromatic heterocycles. The lowest BCUT2D eigenvalue weighted by molar-refractivity contribution is -0.137. The van der Waals surface area contributed by atoms with E-state index in [-0.39, 0.29) is 37.2 Å². The Bertz CT molecular complexity index is 768. The van der Waals surface area contributed by atoms with Gasteiger partial charge in [0.15, 0.2) is 0 Å². The quantitative estimate of drug-likeness (QED) is 0.802. The predicted octanol–water partition coefficient (Wildman–Crippen LogP) is 1.77. The summed E-state index contributed by atoms with van der Waals surface area (Å²) in [4.78, 5) is 39.1. The number of anilines is 1. The molecule has 0 radical (unpaired) electrons. The zero-order valence-electron chi connectivity index (χ0n) is 14.5. The van der Waals surface area contributed by atoms with Crippen molar-refractivity contribution in [3.05, 3.63) is 29.8 Å². The van der Waals surface area contributed by atoms with Crippen LogP contribution in [0.3, 0.4) is 0 Å². The van der Waals surface area contributed by atoms with Gasteiger partial charge in [-0.15, -0.1) is 0 Å². The van der Waals surface area contributed by atoms with Crippen molar-refractivity contribution < 1.29 is 32.3 Å². The molecular weight excluding hydrogens is 367 g/mol. The fourth-order valence-corrected chi connectivity index (χ4v) is 3.39. The second kappa shape index (κ2) is 7.18. The van der Waals surface area contributed by atoms with Crippen molar-refractivity contribution in [1.29, 1.82) is 0 Å². The van der Waals surface area contributed by atoms with Crippen LogP contribution in [-0.2, 0) is 20.5 Å². The number of nitrogens with zero attached hydrogens (tertiary/aromatic N) is 2. The largest absolute Gasteiger partial charge is 0.416 e. The van der Waals surface area contributed by atoms with Crippen LogP contribution in [0.1, 0.15) is 18.4 Å².